The molecule has 0 aliphatic carbocycles. The van der Waals surface area contributed by atoms with Crippen molar-refractivity contribution in [1.29, 1.82) is 0 Å². The third-order valence-corrected chi connectivity index (χ3v) is 4.73. The summed E-state index contributed by atoms with van der Waals surface area (Å²) >= 11 is 6.45. The monoisotopic (exact) mass is 315 g/mol. The van der Waals surface area contributed by atoms with E-state index in [4.69, 9.17) is 0 Å². The molecule has 0 aromatic carbocycles. The van der Waals surface area contributed by atoms with Crippen LogP contribution in [0, 0.1) is 6.92 Å². The average Bonchev–Trinajstić information content (AvgIpc) is 2.84. The maximum Gasteiger partial charge on any atom is 0.261 e. The number of halogens is 1. The van der Waals surface area contributed by atoms with E-state index >= 15 is 0 Å². The summed E-state index contributed by atoms with van der Waals surface area (Å²) in [6.45, 7) is 2.66. The normalized spacial score (nSPS) is 10.4. The average molecular weight is 316 g/mol. The summed E-state index contributed by atoms with van der Waals surface area (Å²) in [5.41, 5.74) is 2.42. The molecule has 2 heterocycles. The first kappa shape index (κ1) is 11.8. The summed E-state index contributed by atoms with van der Waals surface area (Å²) < 4.78 is 0.976. The number of carbonyl (C=O) groups excluding carboxylic acids is 1. The van der Waals surface area contributed by atoms with Gasteiger partial charge in [-0.1, -0.05) is 0 Å². The Bertz CT molecular complexity index is 504. The van der Waals surface area contributed by atoms with E-state index < -0.39 is 0 Å². The number of thiophene rings is 2. The Labute approximate surface area is 110 Å². The molecular formula is C11H10BrNOS2. The molecule has 2 aromatic rings. The Hall–Kier alpha value is -0.650. The molecule has 0 aliphatic heterocycles. The van der Waals surface area contributed by atoms with Crippen LogP contribution < -0.4 is 5.32 Å². The summed E-state index contributed by atoms with van der Waals surface area (Å²) in [6.07, 6.45) is 0. The third-order valence-electron chi connectivity index (χ3n) is 2.20. The topological polar surface area (TPSA) is 29.1 Å². The second-order valence-electron chi connectivity index (χ2n) is 3.37. The fourth-order valence-electron chi connectivity index (χ4n) is 1.27. The molecular weight excluding hydrogens is 306 g/mol. The number of rotatable bonds is 3. The van der Waals surface area contributed by atoms with Gasteiger partial charge in [-0.15, -0.1) is 11.3 Å². The lowest BCUT2D eigenvalue weighted by Gasteiger charge is -2.02. The maximum atomic E-state index is 11.7. The molecule has 0 saturated heterocycles. The highest BCUT2D eigenvalue weighted by molar-refractivity contribution is 9.11. The van der Waals surface area contributed by atoms with E-state index in [9.17, 15) is 4.79 Å². The second-order valence-corrected chi connectivity index (χ2v) is 6.57. The van der Waals surface area contributed by atoms with Crippen molar-refractivity contribution < 1.29 is 4.79 Å². The number of hydrogen-bond acceptors (Lipinski definition) is 3. The zero-order valence-electron chi connectivity index (χ0n) is 8.62. The van der Waals surface area contributed by atoms with Crippen molar-refractivity contribution in [3.63, 3.8) is 0 Å². The Morgan fingerprint density at radius 2 is 2.25 bits per heavy atom. The molecule has 0 aliphatic rings. The van der Waals surface area contributed by atoms with Gasteiger partial charge in [0.1, 0.15) is 0 Å². The van der Waals surface area contributed by atoms with Gasteiger partial charge in [-0.3, -0.25) is 4.79 Å². The number of nitrogens with one attached hydrogen (secondary N) is 1. The van der Waals surface area contributed by atoms with Crippen molar-refractivity contribution in [2.75, 3.05) is 0 Å². The molecule has 0 atom stereocenters. The molecule has 1 amide bonds. The predicted octanol–water partition coefficient (Wildman–Crippen LogP) is 3.81. The Balaban J connectivity index is 1.96. The van der Waals surface area contributed by atoms with Crippen molar-refractivity contribution >= 4 is 44.5 Å². The van der Waals surface area contributed by atoms with Gasteiger partial charge in [-0.05, 0) is 56.9 Å². The van der Waals surface area contributed by atoms with Crippen molar-refractivity contribution in [3.8, 4) is 0 Å². The van der Waals surface area contributed by atoms with Crippen LogP contribution in [0.5, 0.6) is 0 Å². The van der Waals surface area contributed by atoms with E-state index in [2.05, 4.69) is 38.9 Å². The number of hydrogen-bond donors (Lipinski definition) is 1. The van der Waals surface area contributed by atoms with Crippen LogP contribution in [0.3, 0.4) is 0 Å². The minimum absolute atomic E-state index is 0.0127. The van der Waals surface area contributed by atoms with Crippen LogP contribution >= 0.6 is 38.6 Å². The van der Waals surface area contributed by atoms with Crippen LogP contribution in [-0.2, 0) is 6.54 Å². The molecule has 0 spiro atoms. The van der Waals surface area contributed by atoms with Crippen molar-refractivity contribution in [1.82, 2.24) is 5.32 Å². The summed E-state index contributed by atoms with van der Waals surface area (Å²) in [6, 6.07) is 3.71. The predicted molar refractivity (Wildman–Crippen MR) is 72.2 cm³/mol. The zero-order chi connectivity index (χ0) is 11.5. The Kier molecular flexibility index (Phi) is 3.78. The van der Waals surface area contributed by atoms with Gasteiger partial charge in [0.05, 0.1) is 8.66 Å². The molecule has 1 N–H and O–H groups in total. The van der Waals surface area contributed by atoms with Crippen LogP contribution in [0.1, 0.15) is 20.8 Å². The molecule has 0 fully saturated rings. The van der Waals surface area contributed by atoms with Crippen LogP contribution in [0.25, 0.3) is 0 Å². The summed E-state index contributed by atoms with van der Waals surface area (Å²) in [7, 11) is 0. The number of carbonyl (C=O) groups is 1. The lowest BCUT2D eigenvalue weighted by atomic mass is 10.2. The van der Waals surface area contributed by atoms with Gasteiger partial charge < -0.3 is 5.32 Å². The summed E-state index contributed by atoms with van der Waals surface area (Å²) in [5, 5.41) is 7.07. The first-order chi connectivity index (χ1) is 7.66. The lowest BCUT2D eigenvalue weighted by Crippen LogP contribution is -2.21. The van der Waals surface area contributed by atoms with Gasteiger partial charge in [0.15, 0.2) is 0 Å². The highest BCUT2D eigenvalue weighted by atomic mass is 79.9. The van der Waals surface area contributed by atoms with Gasteiger partial charge in [-0.25, -0.2) is 0 Å². The first-order valence-electron chi connectivity index (χ1n) is 4.72. The summed E-state index contributed by atoms with van der Waals surface area (Å²) in [4.78, 5) is 12.5. The molecule has 2 rings (SSSR count). The molecule has 16 heavy (non-hydrogen) atoms. The van der Waals surface area contributed by atoms with Gasteiger partial charge in [0, 0.05) is 6.54 Å². The van der Waals surface area contributed by atoms with E-state index in [1.54, 1.807) is 11.3 Å². The smallest absolute Gasteiger partial charge is 0.261 e. The van der Waals surface area contributed by atoms with E-state index in [1.165, 1.54) is 22.5 Å². The van der Waals surface area contributed by atoms with Crippen LogP contribution in [0.2, 0.25) is 0 Å². The first-order valence-corrected chi connectivity index (χ1v) is 7.27. The minimum atomic E-state index is -0.0127. The second kappa shape index (κ2) is 5.12. The van der Waals surface area contributed by atoms with E-state index in [0.29, 0.717) is 6.54 Å². The third kappa shape index (κ3) is 2.72. The lowest BCUT2D eigenvalue weighted by molar-refractivity contribution is 0.0955. The highest BCUT2D eigenvalue weighted by Gasteiger charge is 2.08. The van der Waals surface area contributed by atoms with Gasteiger partial charge >= 0.3 is 0 Å². The van der Waals surface area contributed by atoms with Crippen molar-refractivity contribution in [3.05, 3.63) is 42.7 Å². The van der Waals surface area contributed by atoms with E-state index in [-0.39, 0.29) is 5.91 Å². The Morgan fingerprint density at radius 3 is 2.81 bits per heavy atom. The molecule has 5 heteroatoms. The quantitative estimate of drug-likeness (QED) is 0.916. The minimum Gasteiger partial charge on any atom is -0.347 e. The zero-order valence-corrected chi connectivity index (χ0v) is 11.8. The fourth-order valence-corrected chi connectivity index (χ4v) is 3.43. The standard InChI is InChI=1S/C11H10BrNOS2/c1-7-5-15-6-8(7)4-13-11(14)9-2-3-10(12)16-9/h2-3,5-6H,4H2,1H3,(H,13,14). The Morgan fingerprint density at radius 1 is 1.44 bits per heavy atom. The molecule has 0 radical (unpaired) electrons. The van der Waals surface area contributed by atoms with Crippen LogP contribution in [0.15, 0.2) is 26.7 Å². The molecule has 0 unspecified atom stereocenters. The van der Waals surface area contributed by atoms with Gasteiger partial charge in [-0.2, -0.15) is 11.3 Å². The van der Waals surface area contributed by atoms with Crippen molar-refractivity contribution in [2.45, 2.75) is 13.5 Å². The molecule has 0 saturated carbocycles. The van der Waals surface area contributed by atoms with E-state index in [0.717, 1.165) is 8.66 Å². The number of aryl methyl sites for hydroxylation is 1. The summed E-state index contributed by atoms with van der Waals surface area (Å²) in [5.74, 6) is -0.0127. The molecule has 2 aromatic heterocycles. The largest absolute Gasteiger partial charge is 0.347 e. The maximum absolute atomic E-state index is 11.7. The molecule has 2 nitrogen and oxygen atoms in total. The van der Waals surface area contributed by atoms with Gasteiger partial charge in [0.25, 0.3) is 5.91 Å². The fraction of sp³-hybridized carbons (Fsp3) is 0.182. The van der Waals surface area contributed by atoms with Crippen LogP contribution in [0.4, 0.5) is 0 Å². The van der Waals surface area contributed by atoms with E-state index in [1.807, 2.05) is 12.1 Å². The highest BCUT2D eigenvalue weighted by Crippen LogP contribution is 2.22. The SMILES string of the molecule is Cc1cscc1CNC(=O)c1ccc(Br)s1. The van der Waals surface area contributed by atoms with Gasteiger partial charge in [0.2, 0.25) is 0 Å². The van der Waals surface area contributed by atoms with Crippen LogP contribution in [-0.4, -0.2) is 5.91 Å². The molecule has 0 bridgehead atoms. The van der Waals surface area contributed by atoms with Crippen molar-refractivity contribution in [2.24, 2.45) is 0 Å². The molecule has 84 valence electrons. The number of amides is 1.